The van der Waals surface area contributed by atoms with E-state index in [0.717, 1.165) is 36.4 Å². The molecule has 2 aromatic heterocycles. The fourth-order valence-corrected chi connectivity index (χ4v) is 6.52. The van der Waals surface area contributed by atoms with Crippen molar-refractivity contribution < 1.29 is 14.1 Å². The van der Waals surface area contributed by atoms with Crippen LogP contribution in [0.1, 0.15) is 83.0 Å². The molecule has 0 aliphatic carbocycles. The zero-order valence-corrected chi connectivity index (χ0v) is 23.1. The lowest BCUT2D eigenvalue weighted by Crippen LogP contribution is -2.39. The van der Waals surface area contributed by atoms with Crippen molar-refractivity contribution in [3.63, 3.8) is 0 Å². The topological polar surface area (TPSA) is 91.6 Å². The number of piperidine rings is 2. The number of nitrogens with zero attached hydrogens (tertiary/aromatic N) is 4. The Bertz CT molecular complexity index is 1230. The van der Waals surface area contributed by atoms with Gasteiger partial charge >= 0.3 is 0 Å². The first-order valence-electron chi connectivity index (χ1n) is 13.8. The predicted octanol–water partition coefficient (Wildman–Crippen LogP) is 5.12. The molecule has 2 aliphatic heterocycles. The van der Waals surface area contributed by atoms with Crippen LogP contribution in [0.5, 0.6) is 0 Å². The molecule has 2 aliphatic rings. The highest BCUT2D eigenvalue weighted by Crippen LogP contribution is 2.33. The molecule has 8 nitrogen and oxygen atoms in total. The average Bonchev–Trinajstić information content (AvgIpc) is 3.59. The Morgan fingerprint density at radius 2 is 1.89 bits per heavy atom. The maximum Gasteiger partial charge on any atom is 0.270 e. The van der Waals surface area contributed by atoms with Crippen LogP contribution in [0.3, 0.4) is 0 Å². The maximum absolute atomic E-state index is 13.4. The van der Waals surface area contributed by atoms with Crippen molar-refractivity contribution in [3.05, 3.63) is 57.7 Å². The highest BCUT2D eigenvalue weighted by molar-refractivity contribution is 7.09. The first-order valence-corrected chi connectivity index (χ1v) is 14.7. The molecule has 0 bridgehead atoms. The van der Waals surface area contributed by atoms with Crippen LogP contribution in [0.15, 0.2) is 40.2 Å². The molecule has 1 unspecified atom stereocenters. The van der Waals surface area contributed by atoms with Gasteiger partial charge in [-0.15, -0.1) is 11.3 Å². The second-order valence-corrected chi connectivity index (χ2v) is 11.3. The van der Waals surface area contributed by atoms with Crippen molar-refractivity contribution in [1.29, 1.82) is 0 Å². The fourth-order valence-electron chi connectivity index (χ4n) is 5.55. The second-order valence-electron chi connectivity index (χ2n) is 10.5. The smallest absolute Gasteiger partial charge is 0.270 e. The van der Waals surface area contributed by atoms with E-state index in [2.05, 4.69) is 27.3 Å². The number of likely N-dealkylation sites (tertiary alicyclic amines) is 2. The van der Waals surface area contributed by atoms with Crippen molar-refractivity contribution in [3.8, 4) is 11.3 Å². The number of aromatic nitrogens is 2. The van der Waals surface area contributed by atoms with Crippen LogP contribution in [0.2, 0.25) is 0 Å². The first kappa shape index (κ1) is 26.6. The zero-order valence-electron chi connectivity index (χ0n) is 22.3. The number of carbonyl (C=O) groups is 2. The van der Waals surface area contributed by atoms with E-state index in [1.54, 1.807) is 18.3 Å². The summed E-state index contributed by atoms with van der Waals surface area (Å²) in [6.07, 6.45) is 6.47. The van der Waals surface area contributed by atoms with E-state index in [9.17, 15) is 9.59 Å². The number of thiazole rings is 1. The highest BCUT2D eigenvalue weighted by Gasteiger charge is 2.31. The number of carbonyl (C=O) groups excluding carboxylic acids is 2. The summed E-state index contributed by atoms with van der Waals surface area (Å²) in [5.74, 6) is 0.655. The summed E-state index contributed by atoms with van der Waals surface area (Å²) in [5.41, 5.74) is 2.51. The lowest BCUT2D eigenvalue weighted by Gasteiger charge is -2.33. The Morgan fingerprint density at radius 1 is 1.11 bits per heavy atom. The van der Waals surface area contributed by atoms with E-state index in [-0.39, 0.29) is 17.7 Å². The van der Waals surface area contributed by atoms with Crippen LogP contribution in [-0.2, 0) is 0 Å². The predicted molar refractivity (Wildman–Crippen MR) is 149 cm³/mol. The summed E-state index contributed by atoms with van der Waals surface area (Å²) >= 11 is 1.55. The van der Waals surface area contributed by atoms with E-state index in [1.807, 2.05) is 40.6 Å². The largest absolute Gasteiger partial charge is 0.360 e. The molecule has 2 amide bonds. The lowest BCUT2D eigenvalue weighted by atomic mass is 9.96. The Labute approximate surface area is 228 Å². The molecule has 0 radical (unpaired) electrons. The Kier molecular flexibility index (Phi) is 8.54. The van der Waals surface area contributed by atoms with Gasteiger partial charge in [-0.25, -0.2) is 4.98 Å². The van der Waals surface area contributed by atoms with Crippen molar-refractivity contribution in [2.24, 2.45) is 0 Å². The molecule has 202 valence electrons. The summed E-state index contributed by atoms with van der Waals surface area (Å²) in [7, 11) is 0. The minimum Gasteiger partial charge on any atom is -0.360 e. The summed E-state index contributed by atoms with van der Waals surface area (Å²) < 4.78 is 5.40. The molecule has 1 atom stereocenters. The van der Waals surface area contributed by atoms with Gasteiger partial charge in [0.2, 0.25) is 0 Å². The number of nitrogens with one attached hydrogen (secondary N) is 1. The molecule has 0 saturated carbocycles. The third kappa shape index (κ3) is 5.99. The summed E-state index contributed by atoms with van der Waals surface area (Å²) in [5, 5.41) is 10.1. The Morgan fingerprint density at radius 3 is 2.66 bits per heavy atom. The number of hydrogen-bond acceptors (Lipinski definition) is 7. The van der Waals surface area contributed by atoms with Gasteiger partial charge in [-0.1, -0.05) is 41.9 Å². The molecule has 9 heteroatoms. The molecule has 2 saturated heterocycles. The van der Waals surface area contributed by atoms with E-state index in [1.165, 1.54) is 25.8 Å². The molecule has 1 N–H and O–H groups in total. The van der Waals surface area contributed by atoms with Crippen LogP contribution < -0.4 is 5.32 Å². The van der Waals surface area contributed by atoms with E-state index < -0.39 is 0 Å². The van der Waals surface area contributed by atoms with Gasteiger partial charge in [0.15, 0.2) is 0 Å². The van der Waals surface area contributed by atoms with Crippen LogP contribution in [0.25, 0.3) is 11.3 Å². The quantitative estimate of drug-likeness (QED) is 0.403. The SMILES string of the molecule is Cc1onc(-c2ccccc2)c1C(=O)N1CCC(c2nc(C(=O)NCCCN3CCCCC3C)cs2)CC1. The van der Waals surface area contributed by atoms with Crippen LogP contribution >= 0.6 is 11.3 Å². The number of rotatable bonds is 8. The Hall–Kier alpha value is -3.04. The van der Waals surface area contributed by atoms with Gasteiger partial charge in [-0.05, 0) is 52.5 Å². The monoisotopic (exact) mass is 535 g/mol. The summed E-state index contributed by atoms with van der Waals surface area (Å²) in [6, 6.07) is 10.3. The van der Waals surface area contributed by atoms with Gasteiger partial charge in [0.1, 0.15) is 22.7 Å². The molecule has 3 aromatic rings. The van der Waals surface area contributed by atoms with E-state index in [4.69, 9.17) is 4.52 Å². The third-order valence-electron chi connectivity index (χ3n) is 7.86. The van der Waals surface area contributed by atoms with Crippen molar-refractivity contribution >= 4 is 23.2 Å². The minimum absolute atomic E-state index is 0.0424. The van der Waals surface area contributed by atoms with Gasteiger partial charge in [-0.3, -0.25) is 9.59 Å². The van der Waals surface area contributed by atoms with Gasteiger partial charge in [0, 0.05) is 49.1 Å². The highest BCUT2D eigenvalue weighted by atomic mass is 32.1. The summed E-state index contributed by atoms with van der Waals surface area (Å²) in [4.78, 5) is 35.2. The molecule has 4 heterocycles. The summed E-state index contributed by atoms with van der Waals surface area (Å²) in [6.45, 7) is 8.23. The zero-order chi connectivity index (χ0) is 26.5. The van der Waals surface area contributed by atoms with Gasteiger partial charge in [0.05, 0.1) is 5.01 Å². The van der Waals surface area contributed by atoms with Crippen molar-refractivity contribution in [2.45, 2.75) is 64.3 Å². The van der Waals surface area contributed by atoms with Gasteiger partial charge in [0.25, 0.3) is 11.8 Å². The molecule has 0 spiro atoms. The normalized spacial score (nSPS) is 19.0. The van der Waals surface area contributed by atoms with Crippen molar-refractivity contribution in [2.75, 3.05) is 32.7 Å². The van der Waals surface area contributed by atoms with E-state index >= 15 is 0 Å². The molecule has 2 fully saturated rings. The molecule has 38 heavy (non-hydrogen) atoms. The molecular formula is C29H37N5O3S. The maximum atomic E-state index is 13.4. The van der Waals surface area contributed by atoms with Gasteiger partial charge < -0.3 is 19.6 Å². The second kappa shape index (κ2) is 12.2. The first-order chi connectivity index (χ1) is 18.5. The van der Waals surface area contributed by atoms with E-state index in [0.29, 0.717) is 48.4 Å². The van der Waals surface area contributed by atoms with Crippen LogP contribution in [0, 0.1) is 6.92 Å². The standard InChI is InChI=1S/C29H37N5O3S/c1-20-9-6-7-15-33(20)16-8-14-30-27(35)24-19-38-28(31-24)23-12-17-34(18-13-23)29(36)25-21(2)37-32-26(25)22-10-4-3-5-11-22/h3-5,10-11,19-20,23H,6-9,12-18H2,1-2H3,(H,30,35). The third-order valence-corrected chi connectivity index (χ3v) is 8.87. The number of benzene rings is 1. The van der Waals surface area contributed by atoms with Crippen LogP contribution in [-0.4, -0.2) is 70.5 Å². The fraction of sp³-hybridized carbons (Fsp3) is 0.517. The molecule has 5 rings (SSSR count). The minimum atomic E-state index is -0.0943. The molecule has 1 aromatic carbocycles. The number of hydrogen-bond donors (Lipinski definition) is 1. The lowest BCUT2D eigenvalue weighted by molar-refractivity contribution is 0.0711. The van der Waals surface area contributed by atoms with Crippen molar-refractivity contribution in [1.82, 2.24) is 25.3 Å². The molecular weight excluding hydrogens is 498 g/mol. The van der Waals surface area contributed by atoms with Gasteiger partial charge in [-0.2, -0.15) is 0 Å². The average molecular weight is 536 g/mol. The Balaban J connectivity index is 1.11. The number of aryl methyl sites for hydroxylation is 1. The number of amides is 2. The van der Waals surface area contributed by atoms with Crippen LogP contribution in [0.4, 0.5) is 0 Å².